The largest absolute Gasteiger partial charge is 0.457 e. The van der Waals surface area contributed by atoms with Gasteiger partial charge in [-0.25, -0.2) is 0 Å². The average molecular weight is 283 g/mol. The van der Waals surface area contributed by atoms with Gasteiger partial charge in [0.25, 0.3) is 5.91 Å². The van der Waals surface area contributed by atoms with Crippen LogP contribution in [-0.2, 0) is 0 Å². The molecule has 0 aromatic carbocycles. The molecule has 1 aromatic heterocycles. The smallest absolute Gasteiger partial charge is 0.258 e. The molecule has 1 aliphatic rings. The van der Waals surface area contributed by atoms with E-state index in [0.29, 0.717) is 23.3 Å². The molecular formula is C11H11BrN2O2. The molecule has 5 heteroatoms. The zero-order valence-electron chi connectivity index (χ0n) is 8.65. The third-order valence-electron chi connectivity index (χ3n) is 2.74. The Bertz CT molecular complexity index is 435. The van der Waals surface area contributed by atoms with Gasteiger partial charge in [0.05, 0.1) is 23.8 Å². The SMILES string of the molecule is N#CC1CCCN(C(=O)c2ccoc2Br)C1. The highest BCUT2D eigenvalue weighted by Crippen LogP contribution is 2.22. The highest BCUT2D eigenvalue weighted by atomic mass is 79.9. The van der Waals surface area contributed by atoms with Crippen LogP contribution in [0.25, 0.3) is 0 Å². The van der Waals surface area contributed by atoms with Crippen LogP contribution in [-0.4, -0.2) is 23.9 Å². The highest BCUT2D eigenvalue weighted by Gasteiger charge is 2.26. The molecule has 1 unspecified atom stereocenters. The summed E-state index contributed by atoms with van der Waals surface area (Å²) in [5.41, 5.74) is 0.526. The van der Waals surface area contributed by atoms with E-state index >= 15 is 0 Å². The first-order valence-corrected chi connectivity index (χ1v) is 5.93. The lowest BCUT2D eigenvalue weighted by Gasteiger charge is -2.29. The van der Waals surface area contributed by atoms with E-state index in [1.165, 1.54) is 6.26 Å². The first-order valence-electron chi connectivity index (χ1n) is 5.14. The summed E-state index contributed by atoms with van der Waals surface area (Å²) < 4.78 is 5.49. The zero-order chi connectivity index (χ0) is 11.5. The van der Waals surface area contributed by atoms with Crippen LogP contribution in [0.15, 0.2) is 21.4 Å². The van der Waals surface area contributed by atoms with E-state index in [4.69, 9.17) is 9.68 Å². The number of furan rings is 1. The first kappa shape index (κ1) is 11.2. The van der Waals surface area contributed by atoms with E-state index in [-0.39, 0.29) is 11.8 Å². The monoisotopic (exact) mass is 282 g/mol. The van der Waals surface area contributed by atoms with Crippen LogP contribution in [0.3, 0.4) is 0 Å². The quantitative estimate of drug-likeness (QED) is 0.795. The van der Waals surface area contributed by atoms with Crippen molar-refractivity contribution in [1.82, 2.24) is 4.90 Å². The van der Waals surface area contributed by atoms with Gasteiger partial charge in [-0.1, -0.05) is 0 Å². The molecule has 0 N–H and O–H groups in total. The Hall–Kier alpha value is -1.28. The van der Waals surface area contributed by atoms with Gasteiger partial charge in [0.15, 0.2) is 4.67 Å². The predicted molar refractivity (Wildman–Crippen MR) is 60.6 cm³/mol. The lowest BCUT2D eigenvalue weighted by atomic mass is 9.99. The maximum Gasteiger partial charge on any atom is 0.258 e. The van der Waals surface area contributed by atoms with Gasteiger partial charge in [-0.2, -0.15) is 5.26 Å². The Morgan fingerprint density at radius 3 is 3.12 bits per heavy atom. The molecule has 2 heterocycles. The van der Waals surface area contributed by atoms with Gasteiger partial charge >= 0.3 is 0 Å². The molecule has 1 saturated heterocycles. The minimum atomic E-state index is -0.0689. The Balaban J connectivity index is 2.11. The number of piperidine rings is 1. The molecule has 16 heavy (non-hydrogen) atoms. The van der Waals surface area contributed by atoms with Crippen LogP contribution < -0.4 is 0 Å². The molecule has 0 radical (unpaired) electrons. The second kappa shape index (κ2) is 4.71. The van der Waals surface area contributed by atoms with E-state index in [2.05, 4.69) is 22.0 Å². The summed E-state index contributed by atoms with van der Waals surface area (Å²) in [5.74, 6) is -0.107. The molecule has 0 bridgehead atoms. The minimum Gasteiger partial charge on any atom is -0.457 e. The Labute approximate surface area is 102 Å². The second-order valence-corrected chi connectivity index (χ2v) is 4.55. The maximum absolute atomic E-state index is 12.1. The zero-order valence-corrected chi connectivity index (χ0v) is 10.2. The van der Waals surface area contributed by atoms with Gasteiger partial charge in [0, 0.05) is 13.1 Å². The van der Waals surface area contributed by atoms with Gasteiger partial charge in [-0.15, -0.1) is 0 Å². The van der Waals surface area contributed by atoms with E-state index in [0.717, 1.165) is 12.8 Å². The van der Waals surface area contributed by atoms with Crippen molar-refractivity contribution in [3.8, 4) is 6.07 Å². The number of hydrogen-bond donors (Lipinski definition) is 0. The van der Waals surface area contributed by atoms with Gasteiger partial charge in [0.1, 0.15) is 0 Å². The van der Waals surface area contributed by atoms with Gasteiger partial charge in [-0.3, -0.25) is 4.79 Å². The lowest BCUT2D eigenvalue weighted by molar-refractivity contribution is 0.0697. The Kier molecular flexibility index (Phi) is 3.30. The molecule has 2 rings (SSSR count). The van der Waals surface area contributed by atoms with Crippen molar-refractivity contribution in [2.45, 2.75) is 12.8 Å². The predicted octanol–water partition coefficient (Wildman–Crippen LogP) is 2.42. The average Bonchev–Trinajstić information content (AvgIpc) is 2.74. The Morgan fingerprint density at radius 2 is 2.50 bits per heavy atom. The van der Waals surface area contributed by atoms with Crippen LogP contribution in [0.1, 0.15) is 23.2 Å². The third kappa shape index (κ3) is 2.12. The van der Waals surface area contributed by atoms with Crippen molar-refractivity contribution in [1.29, 1.82) is 5.26 Å². The number of hydrogen-bond acceptors (Lipinski definition) is 3. The summed E-state index contributed by atoms with van der Waals surface area (Å²) in [6.07, 6.45) is 3.25. The Morgan fingerprint density at radius 1 is 1.69 bits per heavy atom. The van der Waals surface area contributed by atoms with Crippen molar-refractivity contribution in [2.24, 2.45) is 5.92 Å². The standard InChI is InChI=1S/C11H11BrN2O2/c12-10-9(3-5-16-10)11(15)14-4-1-2-8(6-13)7-14/h3,5,8H,1-2,4,7H2. The van der Waals surface area contributed by atoms with E-state index < -0.39 is 0 Å². The van der Waals surface area contributed by atoms with Crippen molar-refractivity contribution >= 4 is 21.8 Å². The number of likely N-dealkylation sites (tertiary alicyclic amines) is 1. The summed E-state index contributed by atoms with van der Waals surface area (Å²) in [6.45, 7) is 1.24. The van der Waals surface area contributed by atoms with Gasteiger partial charge < -0.3 is 9.32 Å². The molecule has 1 aromatic rings. The minimum absolute atomic E-state index is 0.0385. The molecule has 4 nitrogen and oxygen atoms in total. The molecule has 0 spiro atoms. The third-order valence-corrected chi connectivity index (χ3v) is 3.35. The summed E-state index contributed by atoms with van der Waals surface area (Å²) in [6, 6.07) is 3.86. The van der Waals surface area contributed by atoms with Crippen molar-refractivity contribution < 1.29 is 9.21 Å². The van der Waals surface area contributed by atoms with Crippen LogP contribution >= 0.6 is 15.9 Å². The maximum atomic E-state index is 12.1. The second-order valence-electron chi connectivity index (χ2n) is 3.83. The van der Waals surface area contributed by atoms with E-state index in [1.807, 2.05) is 0 Å². The molecule has 0 saturated carbocycles. The molecule has 84 valence electrons. The van der Waals surface area contributed by atoms with Crippen LogP contribution in [0, 0.1) is 17.2 Å². The summed E-state index contributed by atoms with van der Waals surface area (Å²) in [5, 5.41) is 8.86. The van der Waals surface area contributed by atoms with Gasteiger partial charge in [-0.05, 0) is 34.8 Å². The lowest BCUT2D eigenvalue weighted by Crippen LogP contribution is -2.39. The molecule has 1 atom stereocenters. The van der Waals surface area contributed by atoms with E-state index in [1.54, 1.807) is 11.0 Å². The first-order chi connectivity index (χ1) is 7.72. The fourth-order valence-corrected chi connectivity index (χ4v) is 2.29. The number of nitriles is 1. The molecule has 1 amide bonds. The number of carbonyl (C=O) groups excluding carboxylic acids is 1. The summed E-state index contributed by atoms with van der Waals surface area (Å²) in [4.78, 5) is 13.8. The van der Waals surface area contributed by atoms with Crippen LogP contribution in [0.4, 0.5) is 0 Å². The fourth-order valence-electron chi connectivity index (χ4n) is 1.88. The summed E-state index contributed by atoms with van der Waals surface area (Å²) in [7, 11) is 0. The summed E-state index contributed by atoms with van der Waals surface area (Å²) >= 11 is 3.19. The topological polar surface area (TPSA) is 57.2 Å². The van der Waals surface area contributed by atoms with Crippen LogP contribution in [0.5, 0.6) is 0 Å². The van der Waals surface area contributed by atoms with Gasteiger partial charge in [0.2, 0.25) is 0 Å². The molecule has 0 aliphatic carbocycles. The molecule has 1 fully saturated rings. The molecule has 1 aliphatic heterocycles. The highest BCUT2D eigenvalue weighted by molar-refractivity contribution is 9.10. The van der Waals surface area contributed by atoms with Crippen molar-refractivity contribution in [2.75, 3.05) is 13.1 Å². The van der Waals surface area contributed by atoms with Crippen molar-refractivity contribution in [3.05, 3.63) is 22.6 Å². The number of nitrogens with zero attached hydrogens (tertiary/aromatic N) is 2. The van der Waals surface area contributed by atoms with Crippen molar-refractivity contribution in [3.63, 3.8) is 0 Å². The van der Waals surface area contributed by atoms with E-state index in [9.17, 15) is 4.79 Å². The number of amides is 1. The fraction of sp³-hybridized carbons (Fsp3) is 0.455. The number of carbonyl (C=O) groups is 1. The molecular weight excluding hydrogens is 272 g/mol. The normalized spacial score (nSPS) is 20.5. The number of halogens is 1. The number of rotatable bonds is 1. The van der Waals surface area contributed by atoms with Crippen LogP contribution in [0.2, 0.25) is 0 Å².